The minimum absolute atomic E-state index is 0. The summed E-state index contributed by atoms with van der Waals surface area (Å²) in [6.45, 7) is 1.70. The van der Waals surface area contributed by atoms with Gasteiger partial charge in [0, 0.05) is 25.6 Å². The molecule has 1 unspecified atom stereocenters. The summed E-state index contributed by atoms with van der Waals surface area (Å²) in [6.07, 6.45) is 0. The van der Waals surface area contributed by atoms with E-state index in [-0.39, 0.29) is 34.4 Å². The number of rotatable bonds is 13. The van der Waals surface area contributed by atoms with Gasteiger partial charge < -0.3 is 29.8 Å². The van der Waals surface area contributed by atoms with Crippen molar-refractivity contribution in [2.75, 3.05) is 54.9 Å². The predicted molar refractivity (Wildman–Crippen MR) is 114 cm³/mol. The van der Waals surface area contributed by atoms with E-state index in [1.165, 1.54) is 14.2 Å². The molecule has 160 valence electrons. The van der Waals surface area contributed by atoms with Gasteiger partial charge in [-0.2, -0.15) is 0 Å². The van der Waals surface area contributed by atoms with Crippen molar-refractivity contribution in [2.45, 2.75) is 0 Å². The first kappa shape index (κ1) is 26.3. The molecule has 0 aliphatic rings. The van der Waals surface area contributed by atoms with Crippen molar-refractivity contribution in [3.05, 3.63) is 42.0 Å². The Labute approximate surface area is 192 Å². The summed E-state index contributed by atoms with van der Waals surface area (Å²) in [5, 5.41) is 0.762. The Kier molecular flexibility index (Phi) is 12.5. The maximum absolute atomic E-state index is 13.1. The van der Waals surface area contributed by atoms with E-state index in [1.807, 2.05) is 12.1 Å². The number of benzene rings is 2. The van der Waals surface area contributed by atoms with Crippen LogP contribution in [0.1, 0.15) is 11.8 Å². The fourth-order valence-electron chi connectivity index (χ4n) is 2.55. The van der Waals surface area contributed by atoms with E-state index in [0.717, 1.165) is 5.30 Å². The van der Waals surface area contributed by atoms with Gasteiger partial charge in [0.05, 0.1) is 27.4 Å². The number of hydrogen-bond acceptors (Lipinski definition) is 7. The van der Waals surface area contributed by atoms with Crippen LogP contribution >= 0.6 is 8.58 Å². The van der Waals surface area contributed by atoms with Crippen molar-refractivity contribution < 1.29 is 53.5 Å². The Morgan fingerprint density at radius 1 is 0.833 bits per heavy atom. The van der Waals surface area contributed by atoms with Gasteiger partial charge >= 0.3 is 18.9 Å². The first-order valence-electron chi connectivity index (χ1n) is 9.04. The minimum Gasteiger partial charge on any atom is -1.00 e. The average Bonchev–Trinajstić information content (AvgIpc) is 2.74. The normalized spacial score (nSPS) is 10.5. The number of ether oxygens (including phenoxy) is 6. The number of carbonyl (C=O) groups excluding carboxylic acids is 1. The Morgan fingerprint density at radius 2 is 1.43 bits per heavy atom. The third kappa shape index (κ3) is 7.50. The van der Waals surface area contributed by atoms with Gasteiger partial charge in [0.15, 0.2) is 5.52 Å². The van der Waals surface area contributed by atoms with Crippen molar-refractivity contribution in [3.8, 4) is 23.0 Å². The van der Waals surface area contributed by atoms with Crippen LogP contribution in [0.5, 0.6) is 23.0 Å². The van der Waals surface area contributed by atoms with Gasteiger partial charge in [0.1, 0.15) is 41.8 Å². The molecule has 0 radical (unpaired) electrons. The first-order valence-corrected chi connectivity index (χ1v) is 10.0. The number of methoxy groups -OCH3 is 4. The van der Waals surface area contributed by atoms with Crippen LogP contribution in [0.4, 0.5) is 0 Å². The van der Waals surface area contributed by atoms with Gasteiger partial charge in [-0.15, -0.1) is 0 Å². The molecule has 0 heterocycles. The average molecular weight is 430 g/mol. The molecule has 0 N–H and O–H groups in total. The van der Waals surface area contributed by atoms with E-state index in [2.05, 4.69) is 0 Å². The molecule has 0 spiro atoms. The molecule has 0 saturated carbocycles. The SMILES string of the molecule is COCCOc1ccc(PC(=O)c2c(OC)cccc2OC)c(OCCOC)c1.[H-].[Li+]. The van der Waals surface area contributed by atoms with Gasteiger partial charge in [-0.1, -0.05) is 6.07 Å². The van der Waals surface area contributed by atoms with Gasteiger partial charge in [-0.05, 0) is 32.8 Å². The van der Waals surface area contributed by atoms with Crippen LogP contribution in [0.3, 0.4) is 0 Å². The number of carbonyl (C=O) groups is 1. The molecule has 0 fully saturated rings. The van der Waals surface area contributed by atoms with E-state index in [0.29, 0.717) is 55.0 Å². The zero-order valence-electron chi connectivity index (χ0n) is 19.2. The van der Waals surface area contributed by atoms with Crippen LogP contribution in [0.2, 0.25) is 0 Å². The summed E-state index contributed by atoms with van der Waals surface area (Å²) in [6, 6.07) is 10.7. The minimum atomic E-state index is -0.181. The van der Waals surface area contributed by atoms with Crippen LogP contribution in [0.25, 0.3) is 0 Å². The Balaban J connectivity index is 0.00000450. The van der Waals surface area contributed by atoms with Crippen LogP contribution < -0.4 is 43.1 Å². The van der Waals surface area contributed by atoms with Crippen molar-refractivity contribution in [1.29, 1.82) is 0 Å². The summed E-state index contributed by atoms with van der Waals surface area (Å²) in [5.41, 5.74) is 0.308. The summed E-state index contributed by atoms with van der Waals surface area (Å²) in [7, 11) is 6.10. The second-order valence-corrected chi connectivity index (χ2v) is 7.07. The fraction of sp³-hybridized carbons (Fsp3) is 0.381. The molecule has 0 saturated heterocycles. The fourth-order valence-corrected chi connectivity index (χ4v) is 3.60. The van der Waals surface area contributed by atoms with E-state index >= 15 is 0 Å². The molecule has 0 aromatic heterocycles. The summed E-state index contributed by atoms with van der Waals surface area (Å²) in [4.78, 5) is 13.1. The van der Waals surface area contributed by atoms with E-state index in [1.54, 1.807) is 38.5 Å². The maximum Gasteiger partial charge on any atom is 1.00 e. The van der Waals surface area contributed by atoms with Crippen LogP contribution in [-0.4, -0.2) is 60.4 Å². The Hall–Kier alpha value is -1.74. The quantitative estimate of drug-likeness (QED) is 0.252. The molecule has 9 heteroatoms. The van der Waals surface area contributed by atoms with E-state index in [9.17, 15) is 4.79 Å². The Bertz CT molecular complexity index is 785. The second kappa shape index (κ2) is 14.3. The topological polar surface area (TPSA) is 72.5 Å². The molecule has 0 bridgehead atoms. The first-order chi connectivity index (χ1) is 14.1. The van der Waals surface area contributed by atoms with Gasteiger partial charge in [0.2, 0.25) is 0 Å². The molecule has 2 aromatic carbocycles. The molecular formula is C21H28LiO7P. The third-order valence-corrected chi connectivity index (χ3v) is 5.12. The summed E-state index contributed by atoms with van der Waals surface area (Å²) in [5.74, 6) is 2.18. The van der Waals surface area contributed by atoms with Gasteiger partial charge in [-0.3, -0.25) is 4.79 Å². The Morgan fingerprint density at radius 3 is 2.00 bits per heavy atom. The van der Waals surface area contributed by atoms with Crippen molar-refractivity contribution in [2.24, 2.45) is 0 Å². The zero-order chi connectivity index (χ0) is 21.1. The predicted octanol–water partition coefficient (Wildman–Crippen LogP) is 0.0149. The molecule has 0 aliphatic heterocycles. The van der Waals surface area contributed by atoms with Crippen molar-refractivity contribution >= 4 is 19.4 Å². The largest absolute Gasteiger partial charge is 1.00 e. The molecule has 30 heavy (non-hydrogen) atoms. The molecule has 2 rings (SSSR count). The van der Waals surface area contributed by atoms with Gasteiger partial charge in [-0.25, -0.2) is 0 Å². The zero-order valence-corrected chi connectivity index (χ0v) is 19.2. The molecule has 1 atom stereocenters. The third-order valence-electron chi connectivity index (χ3n) is 3.96. The smallest absolute Gasteiger partial charge is 1.00 e. The molecule has 2 aromatic rings. The van der Waals surface area contributed by atoms with Crippen molar-refractivity contribution in [3.63, 3.8) is 0 Å². The van der Waals surface area contributed by atoms with Crippen LogP contribution in [0.15, 0.2) is 36.4 Å². The summed E-state index contributed by atoms with van der Waals surface area (Å²) < 4.78 is 32.2. The van der Waals surface area contributed by atoms with Crippen LogP contribution in [0, 0.1) is 0 Å². The van der Waals surface area contributed by atoms with Gasteiger partial charge in [0.25, 0.3) is 0 Å². The standard InChI is InChI=1S/C21H27O7P.Li.H/c1-23-10-12-27-15-8-9-19(18(14-15)28-13-11-24-2)29-21(22)20-16(25-3)6-5-7-17(20)26-4;;/h5-9,14,29H,10-13H2,1-4H3;;/q;+1;-1. The molecule has 7 nitrogen and oxygen atoms in total. The second-order valence-electron chi connectivity index (χ2n) is 5.83. The maximum atomic E-state index is 13.1. The van der Waals surface area contributed by atoms with Crippen molar-refractivity contribution in [1.82, 2.24) is 0 Å². The van der Waals surface area contributed by atoms with Crippen LogP contribution in [-0.2, 0) is 9.47 Å². The van der Waals surface area contributed by atoms with E-state index < -0.39 is 0 Å². The summed E-state index contributed by atoms with van der Waals surface area (Å²) >= 11 is 0. The molecular weight excluding hydrogens is 402 g/mol. The molecule has 0 aliphatic carbocycles. The number of hydrogen-bond donors (Lipinski definition) is 0. The monoisotopic (exact) mass is 430 g/mol. The molecule has 0 amide bonds. The van der Waals surface area contributed by atoms with E-state index in [4.69, 9.17) is 28.4 Å².